The third-order valence-corrected chi connectivity index (χ3v) is 6.96. The van der Waals surface area contributed by atoms with Crippen LogP contribution in [0.1, 0.15) is 49.0 Å². The average molecular weight is 419 g/mol. The normalized spacial score (nSPS) is 20.8. The molecule has 1 amide bonds. The van der Waals surface area contributed by atoms with Gasteiger partial charge in [0.2, 0.25) is 5.91 Å². The van der Waals surface area contributed by atoms with Crippen molar-refractivity contribution in [1.82, 2.24) is 19.5 Å². The summed E-state index contributed by atoms with van der Waals surface area (Å²) in [5.74, 6) is 1.14. The van der Waals surface area contributed by atoms with Gasteiger partial charge in [0.15, 0.2) is 5.65 Å². The second kappa shape index (κ2) is 7.34. The van der Waals surface area contributed by atoms with Crippen molar-refractivity contribution in [1.29, 1.82) is 0 Å². The SMILES string of the molecule is Cc1cn2nc([C@H](C)N(C)C(=O)C3(c4ccccc4)CC3)cc2nc1N1CC[C@H](N)C1. The molecular formula is C24H30N6O. The van der Waals surface area contributed by atoms with Crippen molar-refractivity contribution in [3.63, 3.8) is 0 Å². The Hall–Kier alpha value is -2.93. The lowest BCUT2D eigenvalue weighted by Crippen LogP contribution is -2.38. The molecule has 7 nitrogen and oxygen atoms in total. The molecule has 31 heavy (non-hydrogen) atoms. The van der Waals surface area contributed by atoms with E-state index in [1.807, 2.05) is 53.8 Å². The van der Waals surface area contributed by atoms with E-state index >= 15 is 0 Å². The monoisotopic (exact) mass is 418 g/mol. The minimum absolute atomic E-state index is 0.139. The van der Waals surface area contributed by atoms with Crippen molar-refractivity contribution >= 4 is 17.4 Å². The molecule has 7 heteroatoms. The Morgan fingerprint density at radius 3 is 2.68 bits per heavy atom. The highest BCUT2D eigenvalue weighted by atomic mass is 16.2. The summed E-state index contributed by atoms with van der Waals surface area (Å²) in [4.78, 5) is 22.4. The van der Waals surface area contributed by atoms with Crippen molar-refractivity contribution in [2.75, 3.05) is 25.0 Å². The van der Waals surface area contributed by atoms with Gasteiger partial charge < -0.3 is 15.5 Å². The molecule has 2 atom stereocenters. The van der Waals surface area contributed by atoms with Crippen LogP contribution in [0.2, 0.25) is 0 Å². The Bertz CT molecular complexity index is 1120. The molecule has 1 aliphatic heterocycles. The minimum atomic E-state index is -0.375. The van der Waals surface area contributed by atoms with Crippen LogP contribution < -0.4 is 10.6 Å². The number of rotatable bonds is 5. The number of likely N-dealkylation sites (N-methyl/N-ethyl adjacent to an activating group) is 1. The molecule has 0 radical (unpaired) electrons. The number of amides is 1. The highest BCUT2D eigenvalue weighted by Gasteiger charge is 2.53. The molecule has 2 N–H and O–H groups in total. The number of nitrogens with two attached hydrogens (primary N) is 1. The lowest BCUT2D eigenvalue weighted by atomic mass is 9.94. The summed E-state index contributed by atoms with van der Waals surface area (Å²) in [6.07, 6.45) is 4.82. The maximum atomic E-state index is 13.4. The third kappa shape index (κ3) is 3.37. The Balaban J connectivity index is 1.40. The van der Waals surface area contributed by atoms with E-state index in [9.17, 15) is 4.79 Å². The van der Waals surface area contributed by atoms with E-state index in [1.165, 1.54) is 0 Å². The van der Waals surface area contributed by atoms with Crippen LogP contribution in [0.25, 0.3) is 5.65 Å². The molecule has 0 bridgehead atoms. The summed E-state index contributed by atoms with van der Waals surface area (Å²) < 4.78 is 1.82. The second-order valence-electron chi connectivity index (χ2n) is 9.15. The minimum Gasteiger partial charge on any atom is -0.355 e. The fourth-order valence-corrected chi connectivity index (χ4v) is 4.74. The first-order valence-corrected chi connectivity index (χ1v) is 11.1. The molecule has 0 unspecified atom stereocenters. The third-order valence-electron chi connectivity index (χ3n) is 6.96. The molecule has 1 aliphatic carbocycles. The van der Waals surface area contributed by atoms with Crippen LogP contribution in [0.5, 0.6) is 0 Å². The van der Waals surface area contributed by atoms with Crippen LogP contribution in [-0.4, -0.2) is 51.6 Å². The van der Waals surface area contributed by atoms with E-state index < -0.39 is 0 Å². The van der Waals surface area contributed by atoms with Crippen LogP contribution in [-0.2, 0) is 10.2 Å². The van der Waals surface area contributed by atoms with Crippen molar-refractivity contribution in [3.05, 3.63) is 59.4 Å². The predicted molar refractivity (Wildman–Crippen MR) is 121 cm³/mol. The lowest BCUT2D eigenvalue weighted by molar-refractivity contribution is -0.134. The molecule has 2 aromatic heterocycles. The standard InChI is InChI=1S/C24H30N6O/c1-16-14-30-21(26-22(16)29-12-9-19(25)15-29)13-20(27-30)17(2)28(3)23(31)24(10-11-24)18-7-5-4-6-8-18/h4-8,13-14,17,19H,9-12,15,25H2,1-3H3/t17-,19-/m0/s1. The van der Waals surface area contributed by atoms with Crippen LogP contribution in [0, 0.1) is 6.92 Å². The fourth-order valence-electron chi connectivity index (χ4n) is 4.74. The number of anilines is 1. The van der Waals surface area contributed by atoms with Gasteiger partial charge in [-0.3, -0.25) is 4.79 Å². The van der Waals surface area contributed by atoms with E-state index in [2.05, 4.69) is 24.0 Å². The summed E-state index contributed by atoms with van der Waals surface area (Å²) in [5, 5.41) is 4.75. The van der Waals surface area contributed by atoms with E-state index in [0.29, 0.717) is 0 Å². The van der Waals surface area contributed by atoms with Crippen molar-refractivity contribution in [2.24, 2.45) is 5.73 Å². The van der Waals surface area contributed by atoms with Crippen molar-refractivity contribution in [2.45, 2.75) is 50.6 Å². The quantitative estimate of drug-likeness (QED) is 0.689. The summed E-state index contributed by atoms with van der Waals surface area (Å²) in [5.41, 5.74) is 9.55. The Labute approximate surface area is 182 Å². The molecule has 2 aliphatic rings. The fraction of sp³-hybridized carbons (Fsp3) is 0.458. The zero-order chi connectivity index (χ0) is 21.8. The number of hydrogen-bond donors (Lipinski definition) is 1. The Morgan fingerprint density at radius 1 is 1.29 bits per heavy atom. The zero-order valence-electron chi connectivity index (χ0n) is 18.5. The van der Waals surface area contributed by atoms with Gasteiger partial charge in [-0.15, -0.1) is 0 Å². The number of aromatic nitrogens is 3. The largest absolute Gasteiger partial charge is 0.355 e. The van der Waals surface area contributed by atoms with Crippen LogP contribution >= 0.6 is 0 Å². The highest BCUT2D eigenvalue weighted by Crippen LogP contribution is 2.50. The smallest absolute Gasteiger partial charge is 0.233 e. The molecular weight excluding hydrogens is 388 g/mol. The van der Waals surface area contributed by atoms with E-state index in [0.717, 1.165) is 60.6 Å². The first-order chi connectivity index (χ1) is 14.9. The maximum Gasteiger partial charge on any atom is 0.233 e. The lowest BCUT2D eigenvalue weighted by Gasteiger charge is -2.28. The number of hydrogen-bond acceptors (Lipinski definition) is 5. The van der Waals surface area contributed by atoms with E-state index in [4.69, 9.17) is 15.8 Å². The second-order valence-corrected chi connectivity index (χ2v) is 9.15. The van der Waals surface area contributed by atoms with Gasteiger partial charge in [0, 0.05) is 44.0 Å². The first-order valence-electron chi connectivity index (χ1n) is 11.1. The number of benzene rings is 1. The van der Waals surface area contributed by atoms with Gasteiger partial charge >= 0.3 is 0 Å². The molecule has 1 aromatic carbocycles. The van der Waals surface area contributed by atoms with Crippen LogP contribution in [0.15, 0.2) is 42.6 Å². The number of carbonyl (C=O) groups is 1. The first kappa shape index (κ1) is 20.0. The zero-order valence-corrected chi connectivity index (χ0v) is 18.5. The van der Waals surface area contributed by atoms with Crippen LogP contribution in [0.4, 0.5) is 5.82 Å². The molecule has 3 heterocycles. The van der Waals surface area contributed by atoms with E-state index in [-0.39, 0.29) is 23.4 Å². The molecule has 5 rings (SSSR count). The predicted octanol–water partition coefficient (Wildman–Crippen LogP) is 2.83. The molecule has 162 valence electrons. The summed E-state index contributed by atoms with van der Waals surface area (Å²) in [6, 6.07) is 12.2. The van der Waals surface area contributed by atoms with Gasteiger partial charge in [-0.1, -0.05) is 30.3 Å². The number of fused-ring (bicyclic) bond motifs is 1. The Kier molecular flexibility index (Phi) is 4.73. The van der Waals surface area contributed by atoms with Gasteiger partial charge in [0.25, 0.3) is 0 Å². The topological polar surface area (TPSA) is 79.8 Å². The van der Waals surface area contributed by atoms with Crippen LogP contribution in [0.3, 0.4) is 0 Å². The van der Waals surface area contributed by atoms with Crippen molar-refractivity contribution in [3.8, 4) is 0 Å². The molecule has 2 fully saturated rings. The highest BCUT2D eigenvalue weighted by molar-refractivity contribution is 5.91. The molecule has 3 aromatic rings. The number of nitrogens with zero attached hydrogens (tertiary/aromatic N) is 5. The van der Waals surface area contributed by atoms with Gasteiger partial charge in [-0.25, -0.2) is 9.50 Å². The van der Waals surface area contributed by atoms with Gasteiger partial charge in [0.05, 0.1) is 17.2 Å². The van der Waals surface area contributed by atoms with Gasteiger partial charge in [-0.05, 0) is 38.7 Å². The summed E-state index contributed by atoms with van der Waals surface area (Å²) in [6.45, 7) is 5.86. The average Bonchev–Trinajstić information content (AvgIpc) is 3.32. The summed E-state index contributed by atoms with van der Waals surface area (Å²) in [7, 11) is 1.88. The molecule has 1 saturated carbocycles. The maximum absolute atomic E-state index is 13.4. The molecule has 0 spiro atoms. The number of aryl methyl sites for hydroxylation is 1. The summed E-state index contributed by atoms with van der Waals surface area (Å²) >= 11 is 0. The van der Waals surface area contributed by atoms with Gasteiger partial charge in [0.1, 0.15) is 5.82 Å². The van der Waals surface area contributed by atoms with Crippen molar-refractivity contribution < 1.29 is 4.79 Å². The number of carbonyl (C=O) groups excluding carboxylic acids is 1. The molecule has 1 saturated heterocycles. The Morgan fingerprint density at radius 2 is 2.03 bits per heavy atom. The van der Waals surface area contributed by atoms with Gasteiger partial charge in [-0.2, -0.15) is 5.10 Å². The van der Waals surface area contributed by atoms with E-state index in [1.54, 1.807) is 0 Å².